The standard InChI is InChI=1S/C22H18N6O4S2.K/c1-15-7-9-16(10-8-15)20-21(33-26-24-25-28(33)18-5-3-2-4-6-18)27(22(29)23-20)17-11-13-19(14-12-17)34(30,31)32;/h2-14,21H,1H3,(H,30,31,32);/q;+1/p-1. The van der Waals surface area contributed by atoms with Crippen molar-refractivity contribution in [2.24, 2.45) is 19.9 Å². The zero-order chi connectivity index (χ0) is 23.9. The maximum absolute atomic E-state index is 13.2. The summed E-state index contributed by atoms with van der Waals surface area (Å²) >= 11 is 0. The number of carbonyl (C=O) groups excluding carboxylic acids is 1. The SMILES string of the molecule is Cc1ccc(C2=NC(=O)N(c3ccc(S(=O)(=O)[O-])cc3)C2S2=NN=NN2c2ccccc2)cc1.[K+]. The Morgan fingerprint density at radius 3 is 2.20 bits per heavy atom. The minimum atomic E-state index is -4.63. The summed E-state index contributed by atoms with van der Waals surface area (Å²) in [5.74, 6) is 0. The van der Waals surface area contributed by atoms with E-state index >= 15 is 0 Å². The molecule has 172 valence electrons. The van der Waals surface area contributed by atoms with Crippen LogP contribution in [0.3, 0.4) is 0 Å². The fourth-order valence-electron chi connectivity index (χ4n) is 3.60. The average molecular weight is 533 g/mol. The molecule has 3 aromatic carbocycles. The van der Waals surface area contributed by atoms with E-state index in [1.54, 1.807) is 4.41 Å². The molecule has 0 aromatic heterocycles. The van der Waals surface area contributed by atoms with E-state index in [2.05, 4.69) is 19.9 Å². The van der Waals surface area contributed by atoms with Crippen LogP contribution in [0.25, 0.3) is 0 Å². The Balaban J connectivity index is 0.00000289. The van der Waals surface area contributed by atoms with Crippen molar-refractivity contribution in [3.63, 3.8) is 0 Å². The predicted molar refractivity (Wildman–Crippen MR) is 127 cm³/mol. The Morgan fingerprint density at radius 1 is 0.914 bits per heavy atom. The molecule has 0 saturated heterocycles. The van der Waals surface area contributed by atoms with Crippen molar-refractivity contribution in [1.82, 2.24) is 0 Å². The maximum atomic E-state index is 13.2. The second-order valence-electron chi connectivity index (χ2n) is 7.48. The van der Waals surface area contributed by atoms with Crippen LogP contribution in [0.2, 0.25) is 0 Å². The Labute approximate surface area is 247 Å². The quantitative estimate of drug-likeness (QED) is 0.360. The number of aliphatic imine (C=N–C) groups is 1. The second kappa shape index (κ2) is 10.5. The first-order valence-corrected chi connectivity index (χ1v) is 12.7. The van der Waals surface area contributed by atoms with E-state index in [-0.39, 0.29) is 56.3 Å². The molecule has 3 aromatic rings. The van der Waals surface area contributed by atoms with Crippen LogP contribution in [0.15, 0.2) is 104 Å². The van der Waals surface area contributed by atoms with Gasteiger partial charge >= 0.3 is 57.4 Å². The van der Waals surface area contributed by atoms with Gasteiger partial charge < -0.3 is 4.55 Å². The molecule has 0 spiro atoms. The summed E-state index contributed by atoms with van der Waals surface area (Å²) in [6.45, 7) is 1.96. The van der Waals surface area contributed by atoms with Crippen LogP contribution in [0, 0.1) is 6.92 Å². The molecule has 0 saturated carbocycles. The normalized spacial score (nSPS) is 19.4. The van der Waals surface area contributed by atoms with Crippen LogP contribution in [0.5, 0.6) is 0 Å². The first-order chi connectivity index (χ1) is 16.3. The number of urea groups is 1. The van der Waals surface area contributed by atoms with E-state index in [9.17, 15) is 17.8 Å². The number of benzene rings is 3. The predicted octanol–water partition coefficient (Wildman–Crippen LogP) is 1.18. The third-order valence-electron chi connectivity index (χ3n) is 5.24. The van der Waals surface area contributed by atoms with Crippen molar-refractivity contribution in [2.75, 3.05) is 9.31 Å². The number of nitrogens with zero attached hydrogens (tertiary/aromatic N) is 6. The Kier molecular flexibility index (Phi) is 7.78. The van der Waals surface area contributed by atoms with Gasteiger partial charge in [0.25, 0.3) is 0 Å². The van der Waals surface area contributed by atoms with Gasteiger partial charge in [0.2, 0.25) is 0 Å². The zero-order valence-electron chi connectivity index (χ0n) is 18.7. The largest absolute Gasteiger partial charge is 1.00 e. The van der Waals surface area contributed by atoms with Gasteiger partial charge in [-0.2, -0.15) is 9.41 Å². The molecule has 0 aliphatic carbocycles. The van der Waals surface area contributed by atoms with Gasteiger partial charge in [0, 0.05) is 5.69 Å². The third-order valence-corrected chi connectivity index (χ3v) is 7.80. The summed E-state index contributed by atoms with van der Waals surface area (Å²) in [7, 11) is -5.71. The molecule has 0 bridgehead atoms. The summed E-state index contributed by atoms with van der Waals surface area (Å²) in [5, 5.41) is 7.35. The molecule has 2 atom stereocenters. The molecule has 35 heavy (non-hydrogen) atoms. The van der Waals surface area contributed by atoms with E-state index in [0.29, 0.717) is 11.4 Å². The number of anilines is 2. The van der Waals surface area contributed by atoms with Crippen molar-refractivity contribution in [2.45, 2.75) is 17.2 Å². The van der Waals surface area contributed by atoms with Gasteiger partial charge in [0.1, 0.15) is 10.1 Å². The van der Waals surface area contributed by atoms with Gasteiger partial charge in [0.05, 0.1) is 27.2 Å². The van der Waals surface area contributed by atoms with Crippen LogP contribution >= 0.6 is 0 Å². The molecule has 2 unspecified atom stereocenters. The summed E-state index contributed by atoms with van der Waals surface area (Å²) < 4.78 is 40.1. The van der Waals surface area contributed by atoms with Gasteiger partial charge in [-0.05, 0) is 59.3 Å². The fourth-order valence-corrected chi connectivity index (χ4v) is 5.75. The van der Waals surface area contributed by atoms with Crippen LogP contribution in [0.1, 0.15) is 11.1 Å². The van der Waals surface area contributed by atoms with E-state index in [4.69, 9.17) is 0 Å². The Morgan fingerprint density at radius 2 is 1.57 bits per heavy atom. The zero-order valence-corrected chi connectivity index (χ0v) is 23.5. The number of amides is 2. The molecule has 2 aliphatic rings. The Hall–Kier alpha value is -2.10. The van der Waals surface area contributed by atoms with Crippen molar-refractivity contribution < 1.29 is 69.1 Å². The average Bonchev–Trinajstić information content (AvgIpc) is 3.44. The van der Waals surface area contributed by atoms with Crippen molar-refractivity contribution in [1.29, 1.82) is 0 Å². The minimum Gasteiger partial charge on any atom is -0.744 e. The van der Waals surface area contributed by atoms with E-state index in [1.807, 2.05) is 61.5 Å². The smallest absolute Gasteiger partial charge is 0.744 e. The van der Waals surface area contributed by atoms with Gasteiger partial charge in [0.15, 0.2) is 5.37 Å². The van der Waals surface area contributed by atoms with Crippen LogP contribution in [-0.2, 0) is 21.0 Å². The molecule has 2 aliphatic heterocycles. The second-order valence-corrected chi connectivity index (χ2v) is 10.4. The molecule has 2 heterocycles. The van der Waals surface area contributed by atoms with Gasteiger partial charge in [-0.3, -0.25) is 4.90 Å². The number of carbonyl (C=O) groups is 1. The van der Waals surface area contributed by atoms with E-state index < -0.39 is 32.4 Å². The van der Waals surface area contributed by atoms with Gasteiger partial charge in [-0.15, -0.1) is 0 Å². The van der Waals surface area contributed by atoms with Crippen LogP contribution < -0.4 is 60.7 Å². The Bertz CT molecular complexity index is 1460. The van der Waals surface area contributed by atoms with Gasteiger partial charge in [-0.25, -0.2) is 13.2 Å². The van der Waals surface area contributed by atoms with E-state index in [1.165, 1.54) is 29.2 Å². The molecular weight excluding hydrogens is 516 g/mol. The molecule has 0 radical (unpaired) electrons. The number of hydrogen-bond acceptors (Lipinski definition) is 8. The molecule has 13 heteroatoms. The molecular formula is C22H17KN6O4S2. The number of hydrogen-bond donors (Lipinski definition) is 0. The monoisotopic (exact) mass is 532 g/mol. The molecule has 5 rings (SSSR count). The topological polar surface area (TPSA) is 130 Å². The first kappa shape index (κ1) is 26.0. The molecule has 10 nitrogen and oxygen atoms in total. The number of aryl methyl sites for hydroxylation is 1. The first-order valence-electron chi connectivity index (χ1n) is 10.1. The summed E-state index contributed by atoms with van der Waals surface area (Å²) in [5.41, 5.74) is 3.40. The van der Waals surface area contributed by atoms with Crippen molar-refractivity contribution >= 4 is 44.1 Å². The molecule has 2 amide bonds. The summed E-state index contributed by atoms with van der Waals surface area (Å²) in [4.78, 5) is 18.5. The summed E-state index contributed by atoms with van der Waals surface area (Å²) in [6, 6.07) is 21.5. The number of rotatable bonds is 5. The molecule has 0 fully saturated rings. The van der Waals surface area contributed by atoms with Gasteiger partial charge in [-0.1, -0.05) is 52.5 Å². The minimum absolute atomic E-state index is 0. The number of para-hydroxylation sites is 1. The fraction of sp³-hybridized carbons (Fsp3) is 0.0909. The van der Waals surface area contributed by atoms with Crippen LogP contribution in [0.4, 0.5) is 16.2 Å². The third kappa shape index (κ3) is 5.22. The van der Waals surface area contributed by atoms with Crippen molar-refractivity contribution in [3.8, 4) is 0 Å². The van der Waals surface area contributed by atoms with Crippen LogP contribution in [-0.4, -0.2) is 30.1 Å². The van der Waals surface area contributed by atoms with E-state index in [0.717, 1.165) is 16.8 Å². The van der Waals surface area contributed by atoms with Crippen molar-refractivity contribution in [3.05, 3.63) is 90.0 Å². The molecule has 0 N–H and O–H groups in total. The summed E-state index contributed by atoms with van der Waals surface area (Å²) in [6.07, 6.45) is 0. The maximum Gasteiger partial charge on any atom is 1.00 e.